The van der Waals surface area contributed by atoms with Crippen molar-refractivity contribution in [2.75, 3.05) is 18.1 Å². The first-order valence-electron chi connectivity index (χ1n) is 8.66. The third kappa shape index (κ3) is 2.97. The first-order valence-corrected chi connectivity index (χ1v) is 8.66. The minimum Gasteiger partial charge on any atom is -0.494 e. The Balaban J connectivity index is 2.01. The Morgan fingerprint density at radius 2 is 2.22 bits per heavy atom. The van der Waals surface area contributed by atoms with Gasteiger partial charge in [0, 0.05) is 17.8 Å². The Hall–Kier alpha value is -1.55. The highest BCUT2D eigenvalue weighted by atomic mass is 16.5. The van der Waals surface area contributed by atoms with Crippen molar-refractivity contribution >= 4 is 11.6 Å². The summed E-state index contributed by atoms with van der Waals surface area (Å²) < 4.78 is 11.3. The summed E-state index contributed by atoms with van der Waals surface area (Å²) in [5, 5.41) is 0. The van der Waals surface area contributed by atoms with Crippen molar-refractivity contribution in [3.05, 3.63) is 23.8 Å². The minimum absolute atomic E-state index is 0.102. The zero-order valence-electron chi connectivity index (χ0n) is 14.6. The van der Waals surface area contributed by atoms with Gasteiger partial charge < -0.3 is 14.4 Å². The summed E-state index contributed by atoms with van der Waals surface area (Å²) in [6.07, 6.45) is 2.44. The SMILES string of the molecule is CCOc1ccc2c(c1)C(C)CC(C)(C)N2C(=O)C1CCCO1. The van der Waals surface area contributed by atoms with Crippen LogP contribution >= 0.6 is 0 Å². The van der Waals surface area contributed by atoms with Gasteiger partial charge in [-0.15, -0.1) is 0 Å². The van der Waals surface area contributed by atoms with Gasteiger partial charge in [-0.05, 0) is 69.7 Å². The van der Waals surface area contributed by atoms with Crippen molar-refractivity contribution in [1.29, 1.82) is 0 Å². The van der Waals surface area contributed by atoms with Crippen LogP contribution in [0.4, 0.5) is 5.69 Å². The second-order valence-corrected chi connectivity index (χ2v) is 7.25. The van der Waals surface area contributed by atoms with Crippen molar-refractivity contribution in [3.8, 4) is 5.75 Å². The fraction of sp³-hybridized carbons (Fsp3) is 0.632. The Bertz CT molecular complexity index is 590. The highest BCUT2D eigenvalue weighted by molar-refractivity contribution is 5.99. The molecular weight excluding hydrogens is 290 g/mol. The molecule has 1 amide bonds. The third-order valence-electron chi connectivity index (χ3n) is 4.92. The van der Waals surface area contributed by atoms with Gasteiger partial charge in [-0.1, -0.05) is 6.92 Å². The Morgan fingerprint density at radius 1 is 1.43 bits per heavy atom. The Labute approximate surface area is 138 Å². The normalized spacial score (nSPS) is 26.0. The summed E-state index contributed by atoms with van der Waals surface area (Å²) in [5.41, 5.74) is 2.00. The molecule has 4 heteroatoms. The van der Waals surface area contributed by atoms with E-state index in [9.17, 15) is 4.79 Å². The summed E-state index contributed by atoms with van der Waals surface area (Å²) in [7, 11) is 0. The lowest BCUT2D eigenvalue weighted by Crippen LogP contribution is -2.54. The second kappa shape index (κ2) is 6.16. The molecule has 0 radical (unpaired) electrons. The van der Waals surface area contributed by atoms with Crippen LogP contribution in [0, 0.1) is 0 Å². The maximum atomic E-state index is 13.1. The van der Waals surface area contributed by atoms with E-state index in [0.717, 1.165) is 30.7 Å². The topological polar surface area (TPSA) is 38.8 Å². The lowest BCUT2D eigenvalue weighted by molar-refractivity contribution is -0.128. The Kier molecular flexibility index (Phi) is 4.37. The van der Waals surface area contributed by atoms with Crippen LogP contribution in [-0.2, 0) is 9.53 Å². The molecule has 2 atom stereocenters. The summed E-state index contributed by atoms with van der Waals surface area (Å²) in [4.78, 5) is 15.0. The molecule has 2 heterocycles. The quantitative estimate of drug-likeness (QED) is 0.849. The lowest BCUT2D eigenvalue weighted by Gasteiger charge is -2.46. The van der Waals surface area contributed by atoms with E-state index >= 15 is 0 Å². The number of nitrogens with zero attached hydrogens (tertiary/aromatic N) is 1. The van der Waals surface area contributed by atoms with E-state index in [1.807, 2.05) is 24.0 Å². The summed E-state index contributed by atoms with van der Waals surface area (Å²) in [6, 6.07) is 6.09. The number of rotatable bonds is 3. The average Bonchev–Trinajstić information content (AvgIpc) is 3.01. The van der Waals surface area contributed by atoms with Gasteiger partial charge in [-0.3, -0.25) is 4.79 Å². The smallest absolute Gasteiger partial charge is 0.256 e. The maximum absolute atomic E-state index is 13.1. The van der Waals surface area contributed by atoms with Crippen LogP contribution in [-0.4, -0.2) is 30.8 Å². The molecule has 0 saturated carbocycles. The van der Waals surface area contributed by atoms with E-state index in [1.165, 1.54) is 5.56 Å². The van der Waals surface area contributed by atoms with Crippen molar-refractivity contribution in [2.45, 2.75) is 64.5 Å². The molecule has 0 bridgehead atoms. The molecule has 4 nitrogen and oxygen atoms in total. The van der Waals surface area contributed by atoms with E-state index < -0.39 is 0 Å². The number of amides is 1. The van der Waals surface area contributed by atoms with Gasteiger partial charge in [-0.2, -0.15) is 0 Å². The molecule has 1 aromatic carbocycles. The van der Waals surface area contributed by atoms with Crippen LogP contribution in [0.3, 0.4) is 0 Å². The minimum atomic E-state index is -0.290. The molecule has 23 heavy (non-hydrogen) atoms. The number of carbonyl (C=O) groups excluding carboxylic acids is 1. The predicted molar refractivity (Wildman–Crippen MR) is 91.2 cm³/mol. The number of fused-ring (bicyclic) bond motifs is 1. The fourth-order valence-electron chi connectivity index (χ4n) is 4.00. The van der Waals surface area contributed by atoms with Crippen LogP contribution in [0.5, 0.6) is 5.75 Å². The van der Waals surface area contributed by atoms with E-state index in [0.29, 0.717) is 19.1 Å². The van der Waals surface area contributed by atoms with Crippen molar-refractivity contribution in [1.82, 2.24) is 0 Å². The van der Waals surface area contributed by atoms with E-state index in [4.69, 9.17) is 9.47 Å². The summed E-state index contributed by atoms with van der Waals surface area (Å²) in [5.74, 6) is 1.38. The Morgan fingerprint density at radius 3 is 2.87 bits per heavy atom. The average molecular weight is 317 g/mol. The first kappa shape index (κ1) is 16.3. The molecule has 2 aliphatic heterocycles. The highest BCUT2D eigenvalue weighted by Gasteiger charge is 2.43. The van der Waals surface area contributed by atoms with Crippen LogP contribution < -0.4 is 9.64 Å². The lowest BCUT2D eigenvalue weighted by atomic mass is 9.79. The second-order valence-electron chi connectivity index (χ2n) is 7.25. The molecule has 0 N–H and O–H groups in total. The zero-order chi connectivity index (χ0) is 16.6. The number of hydrogen-bond acceptors (Lipinski definition) is 3. The molecule has 2 unspecified atom stereocenters. The number of benzene rings is 1. The fourth-order valence-corrected chi connectivity index (χ4v) is 4.00. The first-order chi connectivity index (χ1) is 10.9. The largest absolute Gasteiger partial charge is 0.494 e. The monoisotopic (exact) mass is 317 g/mol. The molecule has 0 spiro atoms. The van der Waals surface area contributed by atoms with Crippen LogP contribution in [0.2, 0.25) is 0 Å². The highest BCUT2D eigenvalue weighted by Crippen LogP contribution is 2.45. The van der Waals surface area contributed by atoms with Gasteiger partial charge in [0.2, 0.25) is 0 Å². The van der Waals surface area contributed by atoms with Crippen molar-refractivity contribution in [3.63, 3.8) is 0 Å². The number of hydrogen-bond donors (Lipinski definition) is 0. The van der Waals surface area contributed by atoms with Gasteiger partial charge in [0.25, 0.3) is 5.91 Å². The van der Waals surface area contributed by atoms with Crippen molar-refractivity contribution in [2.24, 2.45) is 0 Å². The van der Waals surface area contributed by atoms with Gasteiger partial charge in [0.15, 0.2) is 0 Å². The van der Waals surface area contributed by atoms with Crippen LogP contribution in [0.15, 0.2) is 18.2 Å². The number of carbonyl (C=O) groups is 1. The molecule has 1 fully saturated rings. The third-order valence-corrected chi connectivity index (χ3v) is 4.92. The standard InChI is InChI=1S/C19H27NO3/c1-5-22-14-8-9-16-15(11-14)13(2)12-19(3,4)20(16)18(21)17-7-6-10-23-17/h8-9,11,13,17H,5-7,10,12H2,1-4H3. The maximum Gasteiger partial charge on any atom is 0.256 e. The summed E-state index contributed by atoms with van der Waals surface area (Å²) >= 11 is 0. The number of ether oxygens (including phenoxy) is 2. The van der Waals surface area contributed by atoms with Crippen molar-refractivity contribution < 1.29 is 14.3 Å². The molecule has 2 aliphatic rings. The molecule has 3 rings (SSSR count). The van der Waals surface area contributed by atoms with E-state index in [-0.39, 0.29) is 17.6 Å². The van der Waals surface area contributed by atoms with E-state index in [1.54, 1.807) is 0 Å². The van der Waals surface area contributed by atoms with Gasteiger partial charge >= 0.3 is 0 Å². The molecule has 1 saturated heterocycles. The molecule has 126 valence electrons. The molecular formula is C19H27NO3. The molecule has 1 aromatic rings. The van der Waals surface area contributed by atoms with Gasteiger partial charge in [-0.25, -0.2) is 0 Å². The van der Waals surface area contributed by atoms with Gasteiger partial charge in [0.1, 0.15) is 11.9 Å². The zero-order valence-corrected chi connectivity index (χ0v) is 14.6. The summed E-state index contributed by atoms with van der Waals surface area (Å²) in [6.45, 7) is 9.85. The predicted octanol–water partition coefficient (Wildman–Crippen LogP) is 3.88. The molecule has 0 aliphatic carbocycles. The van der Waals surface area contributed by atoms with Crippen LogP contribution in [0.25, 0.3) is 0 Å². The molecule has 0 aromatic heterocycles. The van der Waals surface area contributed by atoms with Gasteiger partial charge in [0.05, 0.1) is 6.61 Å². The van der Waals surface area contributed by atoms with E-state index in [2.05, 4.69) is 26.8 Å². The van der Waals surface area contributed by atoms with Crippen LogP contribution in [0.1, 0.15) is 58.4 Å². The number of anilines is 1.